The van der Waals surface area contributed by atoms with Gasteiger partial charge in [-0.05, 0) is 96.3 Å². The zero-order valence-corrected chi connectivity index (χ0v) is 47.4. The smallest absolute Gasteiger partial charge is 0.306 e. The number of carbonyl (C=O) groups excluding carboxylic acids is 3. The van der Waals surface area contributed by atoms with E-state index in [9.17, 15) is 14.4 Å². The Kier molecular flexibility index (Phi) is 56.9. The van der Waals surface area contributed by atoms with Gasteiger partial charge >= 0.3 is 17.9 Å². The normalized spacial score (nSPS) is 13.0. The lowest BCUT2D eigenvalue weighted by molar-refractivity contribution is -0.167. The van der Waals surface area contributed by atoms with Gasteiger partial charge in [0.15, 0.2) is 6.10 Å². The molecule has 0 aromatic rings. The third-order valence-electron chi connectivity index (χ3n) is 12.5. The van der Waals surface area contributed by atoms with E-state index in [-0.39, 0.29) is 31.1 Å². The minimum Gasteiger partial charge on any atom is -0.462 e. The summed E-state index contributed by atoms with van der Waals surface area (Å²) in [6, 6.07) is 0. The molecule has 1 atom stereocenters. The van der Waals surface area contributed by atoms with Crippen LogP contribution >= 0.6 is 0 Å². The summed E-state index contributed by atoms with van der Waals surface area (Å²) in [6.07, 6.45) is 83.9. The van der Waals surface area contributed by atoms with Crippen LogP contribution < -0.4 is 0 Å². The maximum atomic E-state index is 12.8. The van der Waals surface area contributed by atoms with Crippen LogP contribution in [-0.2, 0) is 28.6 Å². The molecule has 0 radical (unpaired) electrons. The van der Waals surface area contributed by atoms with Crippen molar-refractivity contribution in [2.24, 2.45) is 0 Å². The van der Waals surface area contributed by atoms with E-state index in [1.54, 1.807) is 0 Å². The molecule has 0 fully saturated rings. The lowest BCUT2D eigenvalue weighted by Gasteiger charge is -2.18. The first-order chi connectivity index (χ1) is 36.0. The van der Waals surface area contributed by atoms with Gasteiger partial charge in [-0.25, -0.2) is 0 Å². The van der Waals surface area contributed by atoms with Crippen LogP contribution in [0.3, 0.4) is 0 Å². The van der Waals surface area contributed by atoms with Crippen LogP contribution in [0.25, 0.3) is 0 Å². The number of esters is 3. The molecule has 0 amide bonds. The predicted octanol–water partition coefficient (Wildman–Crippen LogP) is 20.4. The van der Waals surface area contributed by atoms with Crippen molar-refractivity contribution >= 4 is 17.9 Å². The summed E-state index contributed by atoms with van der Waals surface area (Å²) in [5.41, 5.74) is 0. The second kappa shape index (κ2) is 60.4. The molecule has 0 saturated heterocycles. The highest BCUT2D eigenvalue weighted by Gasteiger charge is 2.19. The first-order valence-corrected chi connectivity index (χ1v) is 30.0. The molecule has 0 aromatic heterocycles. The quantitative estimate of drug-likeness (QED) is 0.0261. The highest BCUT2D eigenvalue weighted by Crippen LogP contribution is 2.15. The molecule has 73 heavy (non-hydrogen) atoms. The highest BCUT2D eigenvalue weighted by molar-refractivity contribution is 5.71. The Morgan fingerprint density at radius 3 is 0.836 bits per heavy atom. The molecular weight excluding hydrogens is 901 g/mol. The monoisotopic (exact) mass is 1010 g/mol. The van der Waals surface area contributed by atoms with Gasteiger partial charge in [-0.1, -0.05) is 271 Å². The lowest BCUT2D eigenvalue weighted by Crippen LogP contribution is -2.30. The maximum Gasteiger partial charge on any atom is 0.306 e. The molecule has 0 aromatic carbocycles. The molecule has 6 heteroatoms. The third-order valence-corrected chi connectivity index (χ3v) is 12.5. The number of hydrogen-bond acceptors (Lipinski definition) is 6. The van der Waals surface area contributed by atoms with Crippen molar-refractivity contribution in [2.45, 2.75) is 271 Å². The fourth-order valence-electron chi connectivity index (χ4n) is 8.00. The average molecular weight is 1010 g/mol. The minimum atomic E-state index is -0.784. The molecule has 0 heterocycles. The molecule has 6 nitrogen and oxygen atoms in total. The number of unbranched alkanes of at least 4 members (excludes halogenated alkanes) is 22. The Morgan fingerprint density at radius 1 is 0.288 bits per heavy atom. The van der Waals surface area contributed by atoms with Gasteiger partial charge in [-0.3, -0.25) is 14.4 Å². The van der Waals surface area contributed by atoms with Gasteiger partial charge < -0.3 is 14.2 Å². The van der Waals surface area contributed by atoms with E-state index < -0.39 is 6.10 Å². The fourth-order valence-corrected chi connectivity index (χ4v) is 8.00. The lowest BCUT2D eigenvalue weighted by atomic mass is 10.0. The van der Waals surface area contributed by atoms with Crippen molar-refractivity contribution in [3.63, 3.8) is 0 Å². The van der Waals surface area contributed by atoms with Crippen molar-refractivity contribution in [3.8, 4) is 0 Å². The first-order valence-electron chi connectivity index (χ1n) is 30.0. The van der Waals surface area contributed by atoms with Crippen LogP contribution in [0.4, 0.5) is 0 Å². The Labute approximate surface area is 450 Å². The summed E-state index contributed by atoms with van der Waals surface area (Å²) < 4.78 is 16.7. The van der Waals surface area contributed by atoms with E-state index in [4.69, 9.17) is 14.2 Å². The summed E-state index contributed by atoms with van der Waals surface area (Å²) >= 11 is 0. The van der Waals surface area contributed by atoms with Crippen LogP contribution in [0, 0.1) is 0 Å². The van der Waals surface area contributed by atoms with Gasteiger partial charge in [-0.15, -0.1) is 0 Å². The molecule has 0 aliphatic rings. The summed E-state index contributed by atoms with van der Waals surface area (Å²) in [7, 11) is 0. The summed E-state index contributed by atoms with van der Waals surface area (Å²) in [5.74, 6) is -0.925. The average Bonchev–Trinajstić information content (AvgIpc) is 3.39. The molecule has 1 unspecified atom stereocenters. The van der Waals surface area contributed by atoms with E-state index in [0.717, 1.165) is 141 Å². The third kappa shape index (κ3) is 58.6. The molecule has 0 saturated carbocycles. The van der Waals surface area contributed by atoms with Crippen molar-refractivity contribution in [1.82, 2.24) is 0 Å². The molecule has 0 aliphatic carbocycles. The zero-order valence-electron chi connectivity index (χ0n) is 47.4. The summed E-state index contributed by atoms with van der Waals surface area (Å²) in [6.45, 7) is 6.42. The molecule has 414 valence electrons. The van der Waals surface area contributed by atoms with Crippen molar-refractivity contribution < 1.29 is 28.6 Å². The van der Waals surface area contributed by atoms with Gasteiger partial charge in [0.05, 0.1) is 0 Å². The molecular formula is C67H110O6. The molecule has 0 N–H and O–H groups in total. The molecule has 0 spiro atoms. The number of ether oxygens (including phenoxy) is 3. The van der Waals surface area contributed by atoms with Gasteiger partial charge in [0.25, 0.3) is 0 Å². The van der Waals surface area contributed by atoms with E-state index in [1.807, 2.05) is 0 Å². The van der Waals surface area contributed by atoms with Crippen LogP contribution in [0.15, 0.2) is 122 Å². The van der Waals surface area contributed by atoms with Gasteiger partial charge in [0.1, 0.15) is 13.2 Å². The molecule has 0 rings (SSSR count). The predicted molar refractivity (Wildman–Crippen MR) is 316 cm³/mol. The Bertz CT molecular complexity index is 1540. The van der Waals surface area contributed by atoms with Gasteiger partial charge in [0, 0.05) is 19.3 Å². The van der Waals surface area contributed by atoms with E-state index in [1.165, 1.54) is 83.5 Å². The first kappa shape index (κ1) is 68.8. The molecule has 0 bridgehead atoms. The summed E-state index contributed by atoms with van der Waals surface area (Å²) in [4.78, 5) is 37.8. The summed E-state index contributed by atoms with van der Waals surface area (Å²) in [5, 5.41) is 0. The zero-order chi connectivity index (χ0) is 52.9. The van der Waals surface area contributed by atoms with E-state index >= 15 is 0 Å². The van der Waals surface area contributed by atoms with Crippen molar-refractivity contribution in [1.29, 1.82) is 0 Å². The van der Waals surface area contributed by atoms with Gasteiger partial charge in [0.2, 0.25) is 0 Å². The van der Waals surface area contributed by atoms with Crippen molar-refractivity contribution in [3.05, 3.63) is 122 Å². The second-order valence-corrected chi connectivity index (χ2v) is 19.5. The minimum absolute atomic E-state index is 0.0862. The largest absolute Gasteiger partial charge is 0.462 e. The van der Waals surface area contributed by atoms with Gasteiger partial charge in [-0.2, -0.15) is 0 Å². The van der Waals surface area contributed by atoms with E-state index in [2.05, 4.69) is 142 Å². The number of carbonyl (C=O) groups is 3. The van der Waals surface area contributed by atoms with Crippen LogP contribution in [0.2, 0.25) is 0 Å². The number of rotatable bonds is 53. The van der Waals surface area contributed by atoms with Crippen molar-refractivity contribution in [2.75, 3.05) is 13.2 Å². The second-order valence-electron chi connectivity index (χ2n) is 19.5. The van der Waals surface area contributed by atoms with Crippen LogP contribution in [-0.4, -0.2) is 37.2 Å². The topological polar surface area (TPSA) is 78.9 Å². The Hall–Kier alpha value is -4.19. The Balaban J connectivity index is 4.12. The fraction of sp³-hybridized carbons (Fsp3) is 0.657. The van der Waals surface area contributed by atoms with Crippen LogP contribution in [0.1, 0.15) is 265 Å². The van der Waals surface area contributed by atoms with E-state index in [0.29, 0.717) is 19.3 Å². The molecule has 0 aliphatic heterocycles. The SMILES string of the molecule is CC/C=C\C/C=C\C/C=C\C/C=C\C/C=C\C/C=C\C/C=C\C/C=C\C/C=C\C/C=C\CCCCCCC(=O)OCC(COC(=O)CCCCCCC)OC(=O)CCCCCCCCCCCCCCCCC. The highest BCUT2D eigenvalue weighted by atomic mass is 16.6. The van der Waals surface area contributed by atoms with Crippen LogP contribution in [0.5, 0.6) is 0 Å². The maximum absolute atomic E-state index is 12.8. The standard InChI is InChI=1S/C67H110O6/c1-4-7-10-13-15-17-19-21-23-24-25-26-27-28-29-30-31-32-33-34-35-36-37-38-39-40-41-42-44-45-47-49-51-54-57-60-66(69)72-63-64(62-71-65(68)59-56-53-12-9-6-3)73-67(70)61-58-55-52-50-48-46-43-22-20-18-16-14-11-8-5-2/h7,10,15,17,21,23,25-26,28-29,31-32,34-35,37-38,40-41,44-45,64H,4-6,8-9,11-14,16,18-20,22,24,27,30,33,36,39,42-43,46-63H2,1-3H3/b10-7-,17-15-,23-21-,26-25-,29-28-,32-31-,35-34-,38-37-,41-40-,45-44-. The Morgan fingerprint density at radius 2 is 0.534 bits per heavy atom. The number of allylic oxidation sites excluding steroid dienone is 20. The number of hydrogen-bond donors (Lipinski definition) is 0.